The van der Waals surface area contributed by atoms with Crippen LogP contribution in [0.3, 0.4) is 0 Å². The fourth-order valence-electron chi connectivity index (χ4n) is 2.92. The third-order valence-electron chi connectivity index (χ3n) is 3.95. The van der Waals surface area contributed by atoms with Gasteiger partial charge in [0.15, 0.2) is 0 Å². The number of imidazole rings is 1. The van der Waals surface area contributed by atoms with Crippen LogP contribution < -0.4 is 5.32 Å². The predicted molar refractivity (Wildman–Crippen MR) is 78.9 cm³/mol. The third kappa shape index (κ3) is 2.42. The highest BCUT2D eigenvalue weighted by molar-refractivity contribution is 5.39. The van der Waals surface area contributed by atoms with Crippen molar-refractivity contribution in [2.75, 3.05) is 0 Å². The molecule has 4 rings (SSSR count). The highest BCUT2D eigenvalue weighted by Crippen LogP contribution is 2.13. The van der Waals surface area contributed by atoms with Gasteiger partial charge in [0, 0.05) is 31.4 Å². The third-order valence-corrected chi connectivity index (χ3v) is 3.95. The van der Waals surface area contributed by atoms with E-state index in [4.69, 9.17) is 0 Å². The fraction of sp³-hybridized carbons (Fsp3) is 0.400. The molecule has 1 N–H and O–H groups in total. The van der Waals surface area contributed by atoms with E-state index < -0.39 is 0 Å². The number of aryl methyl sites for hydroxylation is 2. The largest absolute Gasteiger partial charge is 0.307 e. The van der Waals surface area contributed by atoms with Crippen molar-refractivity contribution in [2.45, 2.75) is 38.9 Å². The zero-order valence-corrected chi connectivity index (χ0v) is 12.0. The van der Waals surface area contributed by atoms with Crippen LogP contribution in [0.4, 0.5) is 0 Å². The van der Waals surface area contributed by atoms with Crippen molar-refractivity contribution < 1.29 is 0 Å². The van der Waals surface area contributed by atoms with E-state index in [1.54, 1.807) is 0 Å². The van der Waals surface area contributed by atoms with Gasteiger partial charge in [-0.1, -0.05) is 6.07 Å². The second kappa shape index (κ2) is 4.96. The molecular formula is C15H18N6. The van der Waals surface area contributed by atoms with Crippen LogP contribution in [0, 0.1) is 6.92 Å². The van der Waals surface area contributed by atoms with E-state index in [-0.39, 0.29) is 0 Å². The minimum absolute atomic E-state index is 0.434. The maximum Gasteiger partial charge on any atom is 0.147 e. The van der Waals surface area contributed by atoms with Crippen molar-refractivity contribution in [1.29, 1.82) is 0 Å². The van der Waals surface area contributed by atoms with E-state index in [2.05, 4.69) is 31.0 Å². The lowest BCUT2D eigenvalue weighted by Gasteiger charge is -2.23. The van der Waals surface area contributed by atoms with Gasteiger partial charge in [-0.25, -0.2) is 14.6 Å². The maximum absolute atomic E-state index is 4.61. The van der Waals surface area contributed by atoms with Gasteiger partial charge in [0.2, 0.25) is 0 Å². The molecule has 3 aromatic heterocycles. The van der Waals surface area contributed by atoms with Crippen LogP contribution in [0.5, 0.6) is 0 Å². The van der Waals surface area contributed by atoms with Gasteiger partial charge >= 0.3 is 0 Å². The standard InChI is InChI=1S/C15H18N6/c1-11-17-15-6-5-12(10-21(15)19-11)16-8-13-9-20-7-3-2-4-14(20)18-13/h2-4,7,9,12,16H,5-6,8,10H2,1H3. The number of fused-ring (bicyclic) bond motifs is 2. The lowest BCUT2D eigenvalue weighted by molar-refractivity contribution is 0.356. The number of nitrogens with zero attached hydrogens (tertiary/aromatic N) is 5. The molecule has 3 aromatic rings. The smallest absolute Gasteiger partial charge is 0.147 e. The van der Waals surface area contributed by atoms with Gasteiger partial charge in [-0.3, -0.25) is 0 Å². The van der Waals surface area contributed by atoms with Crippen LogP contribution in [0.2, 0.25) is 0 Å². The van der Waals surface area contributed by atoms with E-state index in [1.807, 2.05) is 36.0 Å². The first-order valence-corrected chi connectivity index (χ1v) is 7.34. The number of nitrogens with one attached hydrogen (secondary N) is 1. The topological polar surface area (TPSA) is 60.0 Å². The lowest BCUT2D eigenvalue weighted by Crippen LogP contribution is -2.37. The molecule has 1 atom stereocenters. The van der Waals surface area contributed by atoms with Crippen molar-refractivity contribution >= 4 is 5.65 Å². The molecule has 21 heavy (non-hydrogen) atoms. The minimum atomic E-state index is 0.434. The molecule has 0 saturated carbocycles. The van der Waals surface area contributed by atoms with Crippen LogP contribution in [0.1, 0.15) is 23.8 Å². The molecule has 1 aliphatic heterocycles. The maximum atomic E-state index is 4.61. The first-order valence-electron chi connectivity index (χ1n) is 7.34. The minimum Gasteiger partial charge on any atom is -0.307 e. The van der Waals surface area contributed by atoms with Crippen LogP contribution in [-0.4, -0.2) is 30.2 Å². The Morgan fingerprint density at radius 1 is 1.33 bits per heavy atom. The lowest BCUT2D eigenvalue weighted by atomic mass is 10.1. The molecule has 4 heterocycles. The molecule has 0 saturated heterocycles. The molecule has 0 fully saturated rings. The quantitative estimate of drug-likeness (QED) is 0.787. The molecule has 0 aliphatic carbocycles. The number of hydrogen-bond acceptors (Lipinski definition) is 4. The Kier molecular flexibility index (Phi) is 2.96. The van der Waals surface area contributed by atoms with Gasteiger partial charge < -0.3 is 9.72 Å². The highest BCUT2D eigenvalue weighted by Gasteiger charge is 2.20. The molecule has 1 unspecified atom stereocenters. The predicted octanol–water partition coefficient (Wildman–Crippen LogP) is 1.34. The normalized spacial score (nSPS) is 18.0. The summed E-state index contributed by atoms with van der Waals surface area (Å²) in [6.07, 6.45) is 6.20. The molecule has 6 heteroatoms. The van der Waals surface area contributed by atoms with Gasteiger partial charge in [0.05, 0.1) is 12.2 Å². The first kappa shape index (κ1) is 12.5. The van der Waals surface area contributed by atoms with Gasteiger partial charge in [-0.05, 0) is 25.5 Å². The van der Waals surface area contributed by atoms with E-state index in [0.717, 1.165) is 48.9 Å². The van der Waals surface area contributed by atoms with Gasteiger partial charge in [0.25, 0.3) is 0 Å². The van der Waals surface area contributed by atoms with Crippen molar-refractivity contribution in [3.05, 3.63) is 47.9 Å². The van der Waals surface area contributed by atoms with Gasteiger partial charge in [-0.2, -0.15) is 5.10 Å². The monoisotopic (exact) mass is 282 g/mol. The average Bonchev–Trinajstić information content (AvgIpc) is 3.06. The summed E-state index contributed by atoms with van der Waals surface area (Å²) in [5.74, 6) is 1.98. The van der Waals surface area contributed by atoms with E-state index in [0.29, 0.717) is 6.04 Å². The second-order valence-corrected chi connectivity index (χ2v) is 5.57. The summed E-state index contributed by atoms with van der Waals surface area (Å²) in [6.45, 7) is 3.63. The number of pyridine rings is 1. The van der Waals surface area contributed by atoms with Crippen LogP contribution in [0.25, 0.3) is 5.65 Å². The number of hydrogen-bond donors (Lipinski definition) is 1. The molecule has 0 aromatic carbocycles. The molecule has 1 aliphatic rings. The Bertz CT molecular complexity index is 738. The summed E-state index contributed by atoms with van der Waals surface area (Å²) in [6, 6.07) is 6.48. The summed E-state index contributed by atoms with van der Waals surface area (Å²) < 4.78 is 4.08. The molecular weight excluding hydrogens is 264 g/mol. The Hall–Kier alpha value is -2.21. The average molecular weight is 282 g/mol. The molecule has 0 bridgehead atoms. The Morgan fingerprint density at radius 3 is 3.19 bits per heavy atom. The molecule has 0 spiro atoms. The number of rotatable bonds is 3. The van der Waals surface area contributed by atoms with E-state index in [1.165, 1.54) is 0 Å². The SMILES string of the molecule is Cc1nc2n(n1)CC(NCc1cn3ccccc3n1)CC2. The second-order valence-electron chi connectivity index (χ2n) is 5.57. The van der Waals surface area contributed by atoms with E-state index >= 15 is 0 Å². The summed E-state index contributed by atoms with van der Waals surface area (Å²) in [4.78, 5) is 9.05. The molecule has 0 radical (unpaired) electrons. The van der Waals surface area contributed by atoms with Crippen molar-refractivity contribution in [1.82, 2.24) is 29.5 Å². The summed E-state index contributed by atoms with van der Waals surface area (Å²) >= 11 is 0. The number of aromatic nitrogens is 5. The zero-order chi connectivity index (χ0) is 14.2. The zero-order valence-electron chi connectivity index (χ0n) is 12.0. The van der Waals surface area contributed by atoms with Gasteiger partial charge in [-0.15, -0.1) is 0 Å². The summed E-state index contributed by atoms with van der Waals surface area (Å²) in [7, 11) is 0. The Morgan fingerprint density at radius 2 is 2.29 bits per heavy atom. The first-order chi connectivity index (χ1) is 10.3. The molecule has 6 nitrogen and oxygen atoms in total. The Labute approximate surface area is 122 Å². The summed E-state index contributed by atoms with van der Waals surface area (Å²) in [5.41, 5.74) is 2.06. The van der Waals surface area contributed by atoms with Crippen LogP contribution >= 0.6 is 0 Å². The Balaban J connectivity index is 1.43. The van der Waals surface area contributed by atoms with E-state index in [9.17, 15) is 0 Å². The van der Waals surface area contributed by atoms with Crippen molar-refractivity contribution in [3.63, 3.8) is 0 Å². The van der Waals surface area contributed by atoms with Crippen molar-refractivity contribution in [3.8, 4) is 0 Å². The molecule has 0 amide bonds. The molecule has 108 valence electrons. The van der Waals surface area contributed by atoms with Crippen LogP contribution in [0.15, 0.2) is 30.6 Å². The van der Waals surface area contributed by atoms with Crippen LogP contribution in [-0.2, 0) is 19.5 Å². The summed E-state index contributed by atoms with van der Waals surface area (Å²) in [5, 5.41) is 8.02. The highest BCUT2D eigenvalue weighted by atomic mass is 15.4. The fourth-order valence-corrected chi connectivity index (χ4v) is 2.92. The van der Waals surface area contributed by atoms with Gasteiger partial charge in [0.1, 0.15) is 17.3 Å². The van der Waals surface area contributed by atoms with Crippen molar-refractivity contribution in [2.24, 2.45) is 0 Å².